The minimum atomic E-state index is -1.71. The number of aliphatic hydroxyl groups excluding tert-OH is 8. The molecule has 17 N–H and O–H groups in total. The van der Waals surface area contributed by atoms with Crippen molar-refractivity contribution in [3.63, 3.8) is 0 Å². The summed E-state index contributed by atoms with van der Waals surface area (Å²) in [6, 6.07) is 12.9. The Balaban J connectivity index is 0.951. The van der Waals surface area contributed by atoms with Gasteiger partial charge in [-0.15, -0.1) is 0 Å². The van der Waals surface area contributed by atoms with Crippen molar-refractivity contribution in [2.24, 2.45) is 22.9 Å². The fraction of sp³-hybridized carbons (Fsp3) is 0.575. The number of hydrogen-bond acceptors (Lipinski definition) is 19. The molecule has 0 unspecified atom stereocenters. The SMILES string of the molecule is N[C@H]1[C@@H](O[C@H]2[C@@H](O)[C@H](O[C@@H]3[C@@H](O)[C@H](N)C[C@H](N)[C@H]3O[C@H]3O[C@H](CO)[C@@H](O)[C@H](O)[C@H]3N)O[C@@H]2CO)O[C@@H](CNC(=O)c2ccc3ccc4cccc5ccc2c3c45)[C@@H](O)[C@@H]1O. The maximum Gasteiger partial charge on any atom is 0.252 e. The highest BCUT2D eigenvalue weighted by atomic mass is 16.8. The quantitative estimate of drug-likeness (QED) is 0.0633. The van der Waals surface area contributed by atoms with Crippen LogP contribution < -0.4 is 28.3 Å². The summed E-state index contributed by atoms with van der Waals surface area (Å²) < 4.78 is 35.5. The zero-order valence-corrected chi connectivity index (χ0v) is 32.2. The van der Waals surface area contributed by atoms with E-state index in [2.05, 4.69) is 5.32 Å². The highest BCUT2D eigenvalue weighted by molar-refractivity contribution is 6.26. The summed E-state index contributed by atoms with van der Waals surface area (Å²) in [5.41, 5.74) is 25.3. The predicted octanol–water partition coefficient (Wildman–Crippen LogP) is -4.49. The molecule has 4 fully saturated rings. The van der Waals surface area contributed by atoms with Gasteiger partial charge in [-0.1, -0.05) is 48.5 Å². The molecule has 0 radical (unpaired) electrons. The Kier molecular flexibility index (Phi) is 12.6. The summed E-state index contributed by atoms with van der Waals surface area (Å²) in [5, 5.41) is 93.8. The van der Waals surface area contributed by atoms with Gasteiger partial charge in [-0.05, 0) is 44.8 Å². The van der Waals surface area contributed by atoms with Crippen LogP contribution >= 0.6 is 0 Å². The normalized spacial score (nSPS) is 41.4. The molecule has 20 nitrogen and oxygen atoms in total. The fourth-order valence-corrected chi connectivity index (χ4v) is 8.89. The molecule has 4 aliphatic rings. The fourth-order valence-electron chi connectivity index (χ4n) is 8.89. The van der Waals surface area contributed by atoms with E-state index in [0.29, 0.717) is 5.56 Å². The van der Waals surface area contributed by atoms with Crippen LogP contribution in [0.2, 0.25) is 0 Å². The van der Waals surface area contributed by atoms with Gasteiger partial charge in [-0.3, -0.25) is 4.79 Å². The van der Waals surface area contributed by atoms with E-state index in [0.717, 1.165) is 32.3 Å². The first kappa shape index (κ1) is 43.3. The van der Waals surface area contributed by atoms with E-state index in [1.54, 1.807) is 6.07 Å². The van der Waals surface area contributed by atoms with E-state index in [-0.39, 0.29) is 13.0 Å². The van der Waals surface area contributed by atoms with Crippen molar-refractivity contribution < 1.29 is 74.1 Å². The molecule has 3 heterocycles. The van der Waals surface area contributed by atoms with Crippen molar-refractivity contribution in [3.05, 3.63) is 60.2 Å². The second-order valence-corrected chi connectivity index (χ2v) is 16.1. The minimum absolute atomic E-state index is 0.0343. The lowest BCUT2D eigenvalue weighted by molar-refractivity contribution is -0.310. The summed E-state index contributed by atoms with van der Waals surface area (Å²) >= 11 is 0. The molecule has 4 aromatic rings. The van der Waals surface area contributed by atoms with Gasteiger partial charge >= 0.3 is 0 Å². The van der Waals surface area contributed by atoms with Crippen LogP contribution in [0.3, 0.4) is 0 Å². The van der Waals surface area contributed by atoms with Gasteiger partial charge in [-0.2, -0.15) is 0 Å². The van der Waals surface area contributed by atoms with Crippen molar-refractivity contribution in [3.8, 4) is 0 Å². The minimum Gasteiger partial charge on any atom is -0.394 e. The highest BCUT2D eigenvalue weighted by Crippen LogP contribution is 2.37. The van der Waals surface area contributed by atoms with Crippen LogP contribution in [0.1, 0.15) is 16.8 Å². The number of rotatable bonds is 11. The molecule has 328 valence electrons. The molecule has 20 heteroatoms. The monoisotopic (exact) mass is 843 g/mol. The van der Waals surface area contributed by atoms with Gasteiger partial charge in [0, 0.05) is 24.2 Å². The lowest BCUT2D eigenvalue weighted by atomic mass is 9.84. The number of ether oxygens (including phenoxy) is 6. The zero-order valence-electron chi connectivity index (χ0n) is 32.2. The lowest BCUT2D eigenvalue weighted by Crippen LogP contribution is -2.68. The van der Waals surface area contributed by atoms with Gasteiger partial charge in [0.1, 0.15) is 67.1 Å². The smallest absolute Gasteiger partial charge is 0.252 e. The Morgan fingerprint density at radius 1 is 0.583 bits per heavy atom. The van der Waals surface area contributed by atoms with Crippen LogP contribution in [0.4, 0.5) is 0 Å². The van der Waals surface area contributed by atoms with Crippen LogP contribution in [0, 0.1) is 0 Å². The summed E-state index contributed by atoms with van der Waals surface area (Å²) in [6.07, 6.45) is -21.9. The van der Waals surface area contributed by atoms with Gasteiger partial charge in [-0.25, -0.2) is 0 Å². The van der Waals surface area contributed by atoms with E-state index in [4.69, 9.17) is 51.4 Å². The number of carbonyl (C=O) groups is 1. The number of nitrogens with one attached hydrogen (secondary N) is 1. The molecule has 0 bridgehead atoms. The van der Waals surface area contributed by atoms with Gasteiger partial charge in [0.25, 0.3) is 5.91 Å². The van der Waals surface area contributed by atoms with Crippen LogP contribution in [0.25, 0.3) is 32.3 Å². The van der Waals surface area contributed by atoms with E-state index < -0.39 is 135 Å². The molecule has 1 saturated carbocycles. The Hall–Kier alpha value is -3.33. The second-order valence-electron chi connectivity index (χ2n) is 16.1. The van der Waals surface area contributed by atoms with Gasteiger partial charge in [0.15, 0.2) is 18.9 Å². The standard InChI is InChI=1S/C40H53N5O15/c41-19-10-20(42)34(58-39-27(44)32(52)30(50)22(12-46)56-39)36(28(19)48)60-40-33(53)35(23(13-47)57-40)59-38-26(43)31(51)29(49)21(55-38)11-45-37(54)18-9-7-16-5-4-14-2-1-3-15-6-8-17(18)25(16)24(14)15/h1-9,19-23,26-36,38-40,46-53H,10-13,41-44H2,(H,45,54)/t19-,20+,21+,22-,23-,26-,27-,28+,29-,30-,31-,32-,33-,34-,35-,36-,38-,39-,40+/m1/s1. The molecule has 1 aliphatic carbocycles. The largest absolute Gasteiger partial charge is 0.394 e. The Labute approximate surface area is 342 Å². The number of hydrogen-bond donors (Lipinski definition) is 13. The molecule has 4 aromatic carbocycles. The van der Waals surface area contributed by atoms with E-state index in [1.165, 1.54) is 0 Å². The first-order valence-electron chi connectivity index (χ1n) is 19.9. The Bertz CT molecular complexity index is 2100. The average molecular weight is 844 g/mol. The molecule has 3 saturated heterocycles. The second kappa shape index (κ2) is 17.4. The molecule has 60 heavy (non-hydrogen) atoms. The van der Waals surface area contributed by atoms with E-state index >= 15 is 0 Å². The molecular formula is C40H53N5O15. The summed E-state index contributed by atoms with van der Waals surface area (Å²) in [4.78, 5) is 13.7. The number of aliphatic hydroxyl groups is 8. The van der Waals surface area contributed by atoms with Gasteiger partial charge in [0.2, 0.25) is 0 Å². The third-order valence-electron chi connectivity index (χ3n) is 12.3. The lowest BCUT2D eigenvalue weighted by Gasteiger charge is -2.47. The van der Waals surface area contributed by atoms with Crippen molar-refractivity contribution in [2.75, 3.05) is 19.8 Å². The van der Waals surface area contributed by atoms with Gasteiger partial charge < -0.3 is 97.5 Å². The number of amides is 1. The van der Waals surface area contributed by atoms with E-state index in [9.17, 15) is 45.6 Å². The maximum absolute atomic E-state index is 13.7. The zero-order chi connectivity index (χ0) is 42.7. The maximum atomic E-state index is 13.7. The van der Waals surface area contributed by atoms with Crippen LogP contribution in [-0.2, 0) is 28.4 Å². The van der Waals surface area contributed by atoms with Crippen LogP contribution in [0.5, 0.6) is 0 Å². The third-order valence-corrected chi connectivity index (χ3v) is 12.3. The summed E-state index contributed by atoms with van der Waals surface area (Å²) in [6.45, 7) is -1.67. The molecule has 8 rings (SSSR count). The Morgan fingerprint density at radius 2 is 1.12 bits per heavy atom. The number of nitrogens with two attached hydrogens (primary N) is 4. The van der Waals surface area contributed by atoms with Crippen LogP contribution in [0.15, 0.2) is 54.6 Å². The first-order valence-corrected chi connectivity index (χ1v) is 19.9. The van der Waals surface area contributed by atoms with Crippen molar-refractivity contribution in [2.45, 2.75) is 123 Å². The van der Waals surface area contributed by atoms with Crippen molar-refractivity contribution >= 4 is 38.2 Å². The van der Waals surface area contributed by atoms with Gasteiger partial charge in [0.05, 0.1) is 31.4 Å². The number of carbonyl (C=O) groups excluding carboxylic acids is 1. The number of benzene rings is 4. The van der Waals surface area contributed by atoms with Crippen molar-refractivity contribution in [1.29, 1.82) is 0 Å². The van der Waals surface area contributed by atoms with Crippen molar-refractivity contribution in [1.82, 2.24) is 5.32 Å². The highest BCUT2D eigenvalue weighted by Gasteiger charge is 2.54. The Morgan fingerprint density at radius 3 is 1.77 bits per heavy atom. The topological polar surface area (TPSA) is 350 Å². The average Bonchev–Trinajstić information content (AvgIpc) is 3.54. The van der Waals surface area contributed by atoms with Crippen LogP contribution in [-0.4, -0.2) is 183 Å². The summed E-state index contributed by atoms with van der Waals surface area (Å²) in [5.74, 6) is -0.462. The molecular weight excluding hydrogens is 790 g/mol. The van der Waals surface area contributed by atoms with E-state index in [1.807, 2.05) is 48.5 Å². The molecule has 1 amide bonds. The first-order chi connectivity index (χ1) is 28.7. The predicted molar refractivity (Wildman–Crippen MR) is 210 cm³/mol. The summed E-state index contributed by atoms with van der Waals surface area (Å²) in [7, 11) is 0. The third kappa shape index (κ3) is 7.74. The molecule has 0 spiro atoms. The molecule has 0 aromatic heterocycles. The molecule has 19 atom stereocenters. The molecule has 3 aliphatic heterocycles.